The van der Waals surface area contributed by atoms with E-state index in [2.05, 4.69) is 14.8 Å². The molecule has 0 radical (unpaired) electrons. The molecule has 0 spiro atoms. The van der Waals surface area contributed by atoms with Crippen LogP contribution in [0.15, 0.2) is 24.5 Å². The Kier molecular flexibility index (Phi) is 4.80. The summed E-state index contributed by atoms with van der Waals surface area (Å²) in [5.74, 6) is -0.867. The van der Waals surface area contributed by atoms with Crippen molar-refractivity contribution >= 4 is 5.91 Å². The summed E-state index contributed by atoms with van der Waals surface area (Å²) in [7, 11) is 0. The first-order valence-electron chi connectivity index (χ1n) is 9.33. The summed E-state index contributed by atoms with van der Waals surface area (Å²) in [6.07, 6.45) is 5.15. The van der Waals surface area contributed by atoms with Crippen molar-refractivity contribution in [1.82, 2.24) is 19.7 Å². The molecular weight excluding hydrogens is 354 g/mol. The highest BCUT2D eigenvalue weighted by atomic mass is 19.2. The minimum absolute atomic E-state index is 0.136. The van der Waals surface area contributed by atoms with Gasteiger partial charge in [-0.05, 0) is 44.7 Å². The van der Waals surface area contributed by atoms with Crippen molar-refractivity contribution in [2.75, 3.05) is 13.1 Å². The third-order valence-electron chi connectivity index (χ3n) is 5.19. The van der Waals surface area contributed by atoms with Crippen LogP contribution in [0.4, 0.5) is 8.78 Å². The van der Waals surface area contributed by atoms with E-state index in [1.54, 1.807) is 18.2 Å². The Hall–Kier alpha value is -2.51. The molecule has 1 aliphatic heterocycles. The van der Waals surface area contributed by atoms with Crippen LogP contribution in [0.3, 0.4) is 0 Å². The molecule has 1 aliphatic carbocycles. The van der Waals surface area contributed by atoms with Gasteiger partial charge in [0.05, 0.1) is 0 Å². The van der Waals surface area contributed by atoms with E-state index in [1.165, 1.54) is 6.07 Å². The van der Waals surface area contributed by atoms with Crippen molar-refractivity contribution in [3.63, 3.8) is 0 Å². The smallest absolute Gasteiger partial charge is 0.263 e. The maximum Gasteiger partial charge on any atom is 0.263 e. The number of ether oxygens (including phenoxy) is 1. The van der Waals surface area contributed by atoms with Gasteiger partial charge in [0.25, 0.3) is 5.91 Å². The van der Waals surface area contributed by atoms with Gasteiger partial charge in [0.15, 0.2) is 17.7 Å². The second kappa shape index (κ2) is 7.25. The summed E-state index contributed by atoms with van der Waals surface area (Å²) in [5.41, 5.74) is 0. The van der Waals surface area contributed by atoms with Crippen molar-refractivity contribution < 1.29 is 18.3 Å². The van der Waals surface area contributed by atoms with E-state index in [9.17, 15) is 13.6 Å². The number of benzene rings is 1. The van der Waals surface area contributed by atoms with Crippen molar-refractivity contribution in [3.05, 3.63) is 42.0 Å². The Balaban J connectivity index is 1.41. The minimum Gasteiger partial charge on any atom is -0.481 e. The molecule has 1 saturated carbocycles. The first kappa shape index (κ1) is 17.9. The number of hydrogen-bond acceptors (Lipinski definition) is 4. The van der Waals surface area contributed by atoms with Gasteiger partial charge in [-0.2, -0.15) is 0 Å². The molecule has 0 N–H and O–H groups in total. The first-order valence-corrected chi connectivity index (χ1v) is 9.33. The standard InChI is InChI=1S/C19H22F2N4O2/c1-12(27-15-6-7-16(20)17(21)9-15)19(26)24-8-2-3-13(10-24)18-23-22-11-25(18)14-4-5-14/h6-7,9,11-14H,2-5,8,10H2,1H3/t12-,13-/m1/s1. The number of amides is 1. The van der Waals surface area contributed by atoms with Gasteiger partial charge in [0.1, 0.15) is 17.9 Å². The highest BCUT2D eigenvalue weighted by Gasteiger charge is 2.33. The maximum absolute atomic E-state index is 13.3. The molecule has 1 aromatic carbocycles. The lowest BCUT2D eigenvalue weighted by atomic mass is 9.96. The molecule has 2 aliphatic rings. The molecule has 144 valence electrons. The largest absolute Gasteiger partial charge is 0.481 e. The number of likely N-dealkylation sites (tertiary alicyclic amines) is 1. The normalized spacial score (nSPS) is 21.1. The monoisotopic (exact) mass is 376 g/mol. The Morgan fingerprint density at radius 3 is 2.81 bits per heavy atom. The van der Waals surface area contributed by atoms with E-state index in [0.29, 0.717) is 19.1 Å². The van der Waals surface area contributed by atoms with E-state index in [-0.39, 0.29) is 17.6 Å². The number of aromatic nitrogens is 3. The third-order valence-corrected chi connectivity index (χ3v) is 5.19. The van der Waals surface area contributed by atoms with Gasteiger partial charge in [-0.1, -0.05) is 0 Å². The Morgan fingerprint density at radius 2 is 2.07 bits per heavy atom. The summed E-state index contributed by atoms with van der Waals surface area (Å²) in [6.45, 7) is 2.84. The number of carbonyl (C=O) groups excluding carboxylic acids is 1. The van der Waals surface area contributed by atoms with Crippen LogP contribution in [0.25, 0.3) is 0 Å². The van der Waals surface area contributed by atoms with Crippen LogP contribution in [0.5, 0.6) is 5.75 Å². The summed E-state index contributed by atoms with van der Waals surface area (Å²) in [6, 6.07) is 3.76. The zero-order valence-electron chi connectivity index (χ0n) is 15.1. The molecule has 2 fully saturated rings. The fourth-order valence-electron chi connectivity index (χ4n) is 3.63. The van der Waals surface area contributed by atoms with E-state index in [0.717, 1.165) is 43.6 Å². The quantitative estimate of drug-likeness (QED) is 0.805. The molecule has 4 rings (SSSR count). The minimum atomic E-state index is -0.996. The van der Waals surface area contributed by atoms with E-state index in [4.69, 9.17) is 4.74 Å². The number of rotatable bonds is 5. The number of piperidine rings is 1. The highest BCUT2D eigenvalue weighted by Crippen LogP contribution is 2.38. The van der Waals surface area contributed by atoms with Crippen LogP contribution in [-0.2, 0) is 4.79 Å². The predicted molar refractivity (Wildman–Crippen MR) is 93.3 cm³/mol. The Morgan fingerprint density at radius 1 is 1.26 bits per heavy atom. The number of carbonyl (C=O) groups is 1. The molecule has 0 unspecified atom stereocenters. The molecule has 0 bridgehead atoms. The molecule has 2 heterocycles. The molecule has 1 amide bonds. The van der Waals surface area contributed by atoms with Crippen molar-refractivity contribution in [3.8, 4) is 5.75 Å². The van der Waals surface area contributed by atoms with Crippen LogP contribution in [0.2, 0.25) is 0 Å². The van der Waals surface area contributed by atoms with E-state index in [1.807, 2.05) is 0 Å². The summed E-state index contributed by atoms with van der Waals surface area (Å²) in [5, 5.41) is 8.35. The molecule has 6 nitrogen and oxygen atoms in total. The average Bonchev–Trinajstić information content (AvgIpc) is 3.40. The lowest BCUT2D eigenvalue weighted by Gasteiger charge is -2.34. The zero-order chi connectivity index (χ0) is 19.0. The van der Waals surface area contributed by atoms with Crippen LogP contribution in [0, 0.1) is 11.6 Å². The maximum atomic E-state index is 13.3. The first-order chi connectivity index (χ1) is 13.0. The van der Waals surface area contributed by atoms with Crippen molar-refractivity contribution in [1.29, 1.82) is 0 Å². The van der Waals surface area contributed by atoms with Crippen LogP contribution < -0.4 is 4.74 Å². The summed E-state index contributed by atoms with van der Waals surface area (Å²) >= 11 is 0. The SMILES string of the molecule is C[C@@H](Oc1ccc(F)c(F)c1)C(=O)N1CCC[C@@H](c2nncn2C2CC2)C1. The van der Waals surface area contributed by atoms with Crippen LogP contribution in [0.1, 0.15) is 50.4 Å². The number of halogens is 2. The second-order valence-corrected chi connectivity index (χ2v) is 7.29. The Labute approximate surface area is 156 Å². The van der Waals surface area contributed by atoms with Gasteiger partial charge in [-0.25, -0.2) is 8.78 Å². The summed E-state index contributed by atoms with van der Waals surface area (Å²) in [4.78, 5) is 14.6. The highest BCUT2D eigenvalue weighted by molar-refractivity contribution is 5.81. The summed E-state index contributed by atoms with van der Waals surface area (Å²) < 4.78 is 34.0. The molecule has 2 aromatic rings. The molecule has 1 aromatic heterocycles. The topological polar surface area (TPSA) is 60.2 Å². The number of hydrogen-bond donors (Lipinski definition) is 0. The van der Waals surface area contributed by atoms with Crippen LogP contribution in [-0.4, -0.2) is 44.8 Å². The van der Waals surface area contributed by atoms with E-state index >= 15 is 0 Å². The fourth-order valence-corrected chi connectivity index (χ4v) is 3.63. The molecule has 1 saturated heterocycles. The van der Waals surface area contributed by atoms with E-state index < -0.39 is 17.7 Å². The number of nitrogens with zero attached hydrogens (tertiary/aromatic N) is 4. The lowest BCUT2D eigenvalue weighted by Crippen LogP contribution is -2.45. The average molecular weight is 376 g/mol. The Bertz CT molecular complexity index is 837. The molecule has 2 atom stereocenters. The molecule has 8 heteroatoms. The van der Waals surface area contributed by atoms with Gasteiger partial charge in [0.2, 0.25) is 0 Å². The zero-order valence-corrected chi connectivity index (χ0v) is 15.1. The van der Waals surface area contributed by atoms with Gasteiger partial charge >= 0.3 is 0 Å². The van der Waals surface area contributed by atoms with Crippen LogP contribution >= 0.6 is 0 Å². The molecule has 27 heavy (non-hydrogen) atoms. The third kappa shape index (κ3) is 3.79. The van der Waals surface area contributed by atoms with Gasteiger partial charge in [-0.15, -0.1) is 10.2 Å². The van der Waals surface area contributed by atoms with Crippen molar-refractivity contribution in [2.45, 2.75) is 50.7 Å². The van der Waals surface area contributed by atoms with Gasteiger partial charge in [0, 0.05) is 31.1 Å². The van der Waals surface area contributed by atoms with Gasteiger partial charge in [-0.3, -0.25) is 4.79 Å². The molecular formula is C19H22F2N4O2. The van der Waals surface area contributed by atoms with Crippen molar-refractivity contribution in [2.24, 2.45) is 0 Å². The van der Waals surface area contributed by atoms with Gasteiger partial charge < -0.3 is 14.2 Å². The lowest BCUT2D eigenvalue weighted by molar-refractivity contribution is -0.139. The fraction of sp³-hybridized carbons (Fsp3) is 0.526. The second-order valence-electron chi connectivity index (χ2n) is 7.29. The predicted octanol–water partition coefficient (Wildman–Crippen LogP) is 3.06.